The first-order valence-corrected chi connectivity index (χ1v) is 6.54. The van der Waals surface area contributed by atoms with Crippen LogP contribution in [0, 0.1) is 17.8 Å². The summed E-state index contributed by atoms with van der Waals surface area (Å²) in [6, 6.07) is 0. The Morgan fingerprint density at radius 3 is 2.63 bits per heavy atom. The van der Waals surface area contributed by atoms with Crippen LogP contribution in [-0.2, 0) is 14.3 Å². The molecule has 0 saturated heterocycles. The Balaban J connectivity index is 2.71. The SMILES string of the molecule is CC1=C[C@H](C)[C@H](C(=O)OCCN(C)C)[C@H](C(=O)O)C1. The van der Waals surface area contributed by atoms with E-state index in [0.29, 0.717) is 19.6 Å². The number of likely N-dealkylation sites (N-methyl/N-ethyl adjacent to an activating group) is 1. The second-order valence-corrected chi connectivity index (χ2v) is 5.52. The molecule has 0 aliphatic heterocycles. The van der Waals surface area contributed by atoms with E-state index in [2.05, 4.69) is 0 Å². The van der Waals surface area contributed by atoms with Crippen LogP contribution >= 0.6 is 0 Å². The van der Waals surface area contributed by atoms with Gasteiger partial charge in [-0.25, -0.2) is 0 Å². The predicted molar refractivity (Wildman–Crippen MR) is 71.7 cm³/mol. The van der Waals surface area contributed by atoms with Gasteiger partial charge in [0.05, 0.1) is 11.8 Å². The molecule has 1 N–H and O–H groups in total. The molecule has 1 aliphatic carbocycles. The lowest BCUT2D eigenvalue weighted by Gasteiger charge is -2.30. The summed E-state index contributed by atoms with van der Waals surface area (Å²) in [7, 11) is 3.78. The molecule has 1 rings (SSSR count). The zero-order chi connectivity index (χ0) is 14.6. The third kappa shape index (κ3) is 4.35. The zero-order valence-electron chi connectivity index (χ0n) is 12.0. The Labute approximate surface area is 114 Å². The molecule has 0 amide bonds. The summed E-state index contributed by atoms with van der Waals surface area (Å²) in [5.74, 6) is -2.67. The lowest BCUT2D eigenvalue weighted by Crippen LogP contribution is -2.38. The number of ether oxygens (including phenoxy) is 1. The second kappa shape index (κ2) is 6.70. The zero-order valence-corrected chi connectivity index (χ0v) is 12.0. The normalized spacial score (nSPS) is 27.0. The molecule has 108 valence electrons. The first-order chi connectivity index (χ1) is 8.82. The van der Waals surface area contributed by atoms with Gasteiger partial charge >= 0.3 is 11.9 Å². The van der Waals surface area contributed by atoms with Crippen LogP contribution in [0.1, 0.15) is 20.3 Å². The fraction of sp³-hybridized carbons (Fsp3) is 0.714. The molecular formula is C14H23NO4. The Hall–Kier alpha value is -1.36. The molecule has 0 fully saturated rings. The average Bonchev–Trinajstić information content (AvgIpc) is 2.26. The van der Waals surface area contributed by atoms with E-state index < -0.39 is 23.8 Å². The van der Waals surface area contributed by atoms with Crippen molar-refractivity contribution >= 4 is 11.9 Å². The summed E-state index contributed by atoms with van der Waals surface area (Å²) < 4.78 is 5.21. The Bertz CT molecular complexity index is 376. The molecule has 5 nitrogen and oxygen atoms in total. The van der Waals surface area contributed by atoms with Crippen molar-refractivity contribution in [2.24, 2.45) is 17.8 Å². The van der Waals surface area contributed by atoms with E-state index in [1.165, 1.54) is 0 Å². The molecule has 0 bridgehead atoms. The topological polar surface area (TPSA) is 66.8 Å². The number of carbonyl (C=O) groups is 2. The molecule has 0 aromatic carbocycles. The van der Waals surface area contributed by atoms with Crippen molar-refractivity contribution < 1.29 is 19.4 Å². The van der Waals surface area contributed by atoms with Crippen LogP contribution in [0.4, 0.5) is 0 Å². The highest BCUT2D eigenvalue weighted by Crippen LogP contribution is 2.34. The van der Waals surface area contributed by atoms with Gasteiger partial charge in [-0.3, -0.25) is 9.59 Å². The number of allylic oxidation sites excluding steroid dienone is 2. The Morgan fingerprint density at radius 2 is 2.11 bits per heavy atom. The van der Waals surface area contributed by atoms with Crippen molar-refractivity contribution in [1.82, 2.24) is 4.90 Å². The molecule has 0 spiro atoms. The van der Waals surface area contributed by atoms with Gasteiger partial charge < -0.3 is 14.7 Å². The van der Waals surface area contributed by atoms with E-state index in [1.807, 2.05) is 38.9 Å². The van der Waals surface area contributed by atoms with Gasteiger partial charge in [0.25, 0.3) is 0 Å². The summed E-state index contributed by atoms with van der Waals surface area (Å²) in [5.41, 5.74) is 1.03. The Morgan fingerprint density at radius 1 is 1.47 bits per heavy atom. The van der Waals surface area contributed by atoms with Crippen molar-refractivity contribution in [3.8, 4) is 0 Å². The minimum atomic E-state index is -0.922. The fourth-order valence-corrected chi connectivity index (χ4v) is 2.51. The third-order valence-corrected chi connectivity index (χ3v) is 3.46. The highest BCUT2D eigenvalue weighted by Gasteiger charge is 2.40. The van der Waals surface area contributed by atoms with E-state index >= 15 is 0 Å². The molecule has 0 aromatic heterocycles. The van der Waals surface area contributed by atoms with E-state index in [9.17, 15) is 14.7 Å². The lowest BCUT2D eigenvalue weighted by atomic mass is 9.74. The first kappa shape index (κ1) is 15.7. The number of hydrogen-bond acceptors (Lipinski definition) is 4. The highest BCUT2D eigenvalue weighted by molar-refractivity contribution is 5.82. The maximum Gasteiger partial charge on any atom is 0.310 e. The number of hydrogen-bond donors (Lipinski definition) is 1. The lowest BCUT2D eigenvalue weighted by molar-refractivity contribution is -0.160. The number of carbonyl (C=O) groups excluding carboxylic acids is 1. The van der Waals surface area contributed by atoms with Crippen molar-refractivity contribution in [2.75, 3.05) is 27.2 Å². The van der Waals surface area contributed by atoms with Crippen LogP contribution in [0.15, 0.2) is 11.6 Å². The number of carboxylic acids is 1. The van der Waals surface area contributed by atoms with Crippen LogP contribution in [0.25, 0.3) is 0 Å². The van der Waals surface area contributed by atoms with E-state index in [4.69, 9.17) is 4.74 Å². The van der Waals surface area contributed by atoms with Gasteiger partial charge in [-0.05, 0) is 33.4 Å². The van der Waals surface area contributed by atoms with Gasteiger partial charge in [0.15, 0.2) is 0 Å². The second-order valence-electron chi connectivity index (χ2n) is 5.52. The number of esters is 1. The van der Waals surface area contributed by atoms with Crippen LogP contribution in [0.5, 0.6) is 0 Å². The van der Waals surface area contributed by atoms with Gasteiger partial charge in [0.1, 0.15) is 6.61 Å². The van der Waals surface area contributed by atoms with Crippen molar-refractivity contribution in [2.45, 2.75) is 20.3 Å². The monoisotopic (exact) mass is 269 g/mol. The summed E-state index contributed by atoms with van der Waals surface area (Å²) in [5, 5.41) is 9.26. The van der Waals surface area contributed by atoms with Gasteiger partial charge in [-0.2, -0.15) is 0 Å². The highest BCUT2D eigenvalue weighted by atomic mass is 16.5. The summed E-state index contributed by atoms with van der Waals surface area (Å²) >= 11 is 0. The number of aliphatic carboxylic acids is 1. The van der Waals surface area contributed by atoms with Crippen LogP contribution in [0.3, 0.4) is 0 Å². The molecule has 19 heavy (non-hydrogen) atoms. The fourth-order valence-electron chi connectivity index (χ4n) is 2.51. The molecule has 0 unspecified atom stereocenters. The third-order valence-electron chi connectivity index (χ3n) is 3.46. The molecule has 0 aromatic rings. The summed E-state index contributed by atoms with van der Waals surface area (Å²) in [6.45, 7) is 4.71. The van der Waals surface area contributed by atoms with E-state index in [1.54, 1.807) is 0 Å². The molecule has 5 heteroatoms. The molecular weight excluding hydrogens is 246 g/mol. The summed E-state index contributed by atoms with van der Waals surface area (Å²) in [6.07, 6.45) is 2.39. The van der Waals surface area contributed by atoms with Gasteiger partial charge in [0.2, 0.25) is 0 Å². The smallest absolute Gasteiger partial charge is 0.310 e. The molecule has 0 saturated carbocycles. The number of nitrogens with zero attached hydrogens (tertiary/aromatic N) is 1. The van der Waals surface area contributed by atoms with E-state index in [-0.39, 0.29) is 5.92 Å². The predicted octanol–water partition coefficient (Wildman–Crippen LogP) is 1.39. The maximum absolute atomic E-state index is 12.1. The van der Waals surface area contributed by atoms with Crippen molar-refractivity contribution in [3.05, 3.63) is 11.6 Å². The Kier molecular flexibility index (Phi) is 5.54. The van der Waals surface area contributed by atoms with Crippen LogP contribution < -0.4 is 0 Å². The molecule has 1 aliphatic rings. The number of rotatable bonds is 5. The van der Waals surface area contributed by atoms with Crippen molar-refractivity contribution in [1.29, 1.82) is 0 Å². The van der Waals surface area contributed by atoms with E-state index in [0.717, 1.165) is 5.57 Å². The standard InChI is InChI=1S/C14H23NO4/c1-9-7-10(2)12(11(8-9)13(16)17)14(18)19-6-5-15(3)4/h7,10-12H,5-6,8H2,1-4H3,(H,16,17)/t10-,11+,12-/m0/s1. The van der Waals surface area contributed by atoms with Crippen LogP contribution in [0.2, 0.25) is 0 Å². The largest absolute Gasteiger partial charge is 0.481 e. The van der Waals surface area contributed by atoms with Crippen molar-refractivity contribution in [3.63, 3.8) is 0 Å². The van der Waals surface area contributed by atoms with Gasteiger partial charge in [-0.15, -0.1) is 0 Å². The minimum absolute atomic E-state index is 0.0956. The van der Waals surface area contributed by atoms with Gasteiger partial charge in [-0.1, -0.05) is 18.6 Å². The maximum atomic E-state index is 12.1. The minimum Gasteiger partial charge on any atom is -0.481 e. The number of carboxylic acid groups (broad SMARTS) is 1. The average molecular weight is 269 g/mol. The molecule has 3 atom stereocenters. The van der Waals surface area contributed by atoms with Crippen LogP contribution in [-0.4, -0.2) is 49.2 Å². The van der Waals surface area contributed by atoms with Gasteiger partial charge in [0, 0.05) is 6.54 Å². The quantitative estimate of drug-likeness (QED) is 0.603. The molecule has 0 radical (unpaired) electrons. The first-order valence-electron chi connectivity index (χ1n) is 6.54. The molecule has 0 heterocycles. The summed E-state index contributed by atoms with van der Waals surface area (Å²) in [4.78, 5) is 25.3.